The first kappa shape index (κ1) is 10.4. The summed E-state index contributed by atoms with van der Waals surface area (Å²) in [4.78, 5) is 10.2. The number of alkyl halides is 1. The van der Waals surface area contributed by atoms with Crippen molar-refractivity contribution in [3.63, 3.8) is 0 Å². The van der Waals surface area contributed by atoms with E-state index in [4.69, 9.17) is 16.3 Å². The molecule has 0 N–H and O–H groups in total. The zero-order valence-electron chi connectivity index (χ0n) is 7.93. The van der Waals surface area contributed by atoms with Crippen molar-refractivity contribution in [1.82, 2.24) is 0 Å². The van der Waals surface area contributed by atoms with Crippen molar-refractivity contribution in [3.05, 3.63) is 39.9 Å². The van der Waals surface area contributed by atoms with E-state index >= 15 is 0 Å². The maximum absolute atomic E-state index is 10.6. The molecule has 0 aromatic heterocycles. The molecule has 2 atom stereocenters. The quantitative estimate of drug-likeness (QED) is 0.443. The lowest BCUT2D eigenvalue weighted by Crippen LogP contribution is -2.06. The molecule has 0 spiro atoms. The normalized spacial score (nSPS) is 25.4. The van der Waals surface area contributed by atoms with Crippen molar-refractivity contribution in [3.8, 4) is 0 Å². The van der Waals surface area contributed by atoms with Crippen molar-refractivity contribution in [1.29, 1.82) is 0 Å². The SMILES string of the molecule is O=[N+]([O-])c1cccc([C@H]2OCC[C@H]2Cl)c1. The van der Waals surface area contributed by atoms with Gasteiger partial charge in [-0.2, -0.15) is 0 Å². The van der Waals surface area contributed by atoms with Crippen LogP contribution in [0.25, 0.3) is 0 Å². The Hall–Kier alpha value is -1.13. The van der Waals surface area contributed by atoms with Crippen molar-refractivity contribution in [2.24, 2.45) is 0 Å². The first-order valence-electron chi connectivity index (χ1n) is 4.68. The maximum Gasteiger partial charge on any atom is 0.269 e. The van der Waals surface area contributed by atoms with Crippen LogP contribution in [0.15, 0.2) is 24.3 Å². The maximum atomic E-state index is 10.6. The molecule has 1 fully saturated rings. The van der Waals surface area contributed by atoms with Gasteiger partial charge in [-0.25, -0.2) is 0 Å². The lowest BCUT2D eigenvalue weighted by Gasteiger charge is -2.12. The fourth-order valence-electron chi connectivity index (χ4n) is 1.68. The fraction of sp³-hybridized carbons (Fsp3) is 0.400. The van der Waals surface area contributed by atoms with Crippen LogP contribution in [0.1, 0.15) is 18.1 Å². The zero-order valence-corrected chi connectivity index (χ0v) is 8.68. The van der Waals surface area contributed by atoms with Gasteiger partial charge in [-0.05, 0) is 12.0 Å². The summed E-state index contributed by atoms with van der Waals surface area (Å²) in [5, 5.41) is 10.5. The van der Waals surface area contributed by atoms with Crippen LogP contribution in [0.3, 0.4) is 0 Å². The smallest absolute Gasteiger partial charge is 0.269 e. The summed E-state index contributed by atoms with van der Waals surface area (Å²) < 4.78 is 5.43. The topological polar surface area (TPSA) is 52.4 Å². The number of non-ortho nitro benzene ring substituents is 1. The minimum Gasteiger partial charge on any atom is -0.372 e. The standard InChI is InChI=1S/C10H10ClNO3/c11-9-4-5-15-10(9)7-2-1-3-8(6-7)12(13)14/h1-3,6,9-10H,4-5H2/t9-,10-/m1/s1. The molecule has 1 aromatic carbocycles. The van der Waals surface area contributed by atoms with E-state index in [1.54, 1.807) is 12.1 Å². The number of hydrogen-bond acceptors (Lipinski definition) is 3. The Bertz CT molecular complexity index is 383. The second-order valence-corrected chi connectivity index (χ2v) is 4.01. The highest BCUT2D eigenvalue weighted by Crippen LogP contribution is 2.34. The van der Waals surface area contributed by atoms with Crippen LogP contribution in [0, 0.1) is 10.1 Å². The number of benzene rings is 1. The highest BCUT2D eigenvalue weighted by molar-refractivity contribution is 6.21. The highest BCUT2D eigenvalue weighted by atomic mass is 35.5. The zero-order chi connectivity index (χ0) is 10.8. The van der Waals surface area contributed by atoms with Gasteiger partial charge in [-0.3, -0.25) is 10.1 Å². The molecule has 1 aliphatic rings. The Kier molecular flexibility index (Phi) is 2.88. The van der Waals surface area contributed by atoms with Crippen LogP contribution in [0.4, 0.5) is 5.69 Å². The molecular weight excluding hydrogens is 218 g/mol. The predicted octanol–water partition coefficient (Wildman–Crippen LogP) is 2.66. The number of nitro groups is 1. The molecule has 5 heteroatoms. The van der Waals surface area contributed by atoms with Gasteiger partial charge in [-0.1, -0.05) is 12.1 Å². The first-order chi connectivity index (χ1) is 7.18. The summed E-state index contributed by atoms with van der Waals surface area (Å²) in [6.45, 7) is 0.613. The van der Waals surface area contributed by atoms with E-state index in [1.165, 1.54) is 12.1 Å². The molecule has 0 saturated carbocycles. The summed E-state index contributed by atoms with van der Waals surface area (Å²) in [7, 11) is 0. The molecule has 0 bridgehead atoms. The third kappa shape index (κ3) is 2.11. The molecule has 1 saturated heterocycles. The monoisotopic (exact) mass is 227 g/mol. The van der Waals surface area contributed by atoms with E-state index in [-0.39, 0.29) is 17.2 Å². The molecule has 0 unspecified atom stereocenters. The molecule has 0 aliphatic carbocycles. The van der Waals surface area contributed by atoms with Crippen molar-refractivity contribution >= 4 is 17.3 Å². The number of ether oxygens (including phenoxy) is 1. The van der Waals surface area contributed by atoms with Crippen molar-refractivity contribution in [2.45, 2.75) is 17.9 Å². The van der Waals surface area contributed by atoms with Crippen LogP contribution >= 0.6 is 11.6 Å². The summed E-state index contributed by atoms with van der Waals surface area (Å²) >= 11 is 6.05. The first-order valence-corrected chi connectivity index (χ1v) is 5.12. The molecule has 2 rings (SSSR count). The fourth-order valence-corrected chi connectivity index (χ4v) is 1.99. The molecule has 0 amide bonds. The Labute approximate surface area is 92.0 Å². The number of nitrogens with zero attached hydrogens (tertiary/aromatic N) is 1. The number of halogens is 1. The second kappa shape index (κ2) is 4.16. The van der Waals surface area contributed by atoms with E-state index in [9.17, 15) is 10.1 Å². The minimum atomic E-state index is -0.415. The Balaban J connectivity index is 2.28. The van der Waals surface area contributed by atoms with Gasteiger partial charge >= 0.3 is 0 Å². The van der Waals surface area contributed by atoms with Crippen LogP contribution < -0.4 is 0 Å². The Morgan fingerprint density at radius 3 is 2.93 bits per heavy atom. The number of nitro benzene ring substituents is 1. The van der Waals surface area contributed by atoms with Gasteiger partial charge in [0.15, 0.2) is 0 Å². The van der Waals surface area contributed by atoms with E-state index in [0.29, 0.717) is 6.61 Å². The molecule has 15 heavy (non-hydrogen) atoms. The molecule has 4 nitrogen and oxygen atoms in total. The largest absolute Gasteiger partial charge is 0.372 e. The van der Waals surface area contributed by atoms with Gasteiger partial charge in [0.1, 0.15) is 0 Å². The molecule has 80 valence electrons. The van der Waals surface area contributed by atoms with Crippen LogP contribution in [0.5, 0.6) is 0 Å². The Morgan fingerprint density at radius 2 is 2.33 bits per heavy atom. The van der Waals surface area contributed by atoms with Gasteiger partial charge in [0, 0.05) is 18.7 Å². The van der Waals surface area contributed by atoms with Gasteiger partial charge in [0.25, 0.3) is 5.69 Å². The number of hydrogen-bond donors (Lipinski definition) is 0. The summed E-state index contributed by atoms with van der Waals surface area (Å²) in [5.41, 5.74) is 0.855. The Morgan fingerprint density at radius 1 is 1.53 bits per heavy atom. The number of rotatable bonds is 2. The third-order valence-electron chi connectivity index (χ3n) is 2.43. The molecule has 1 aliphatic heterocycles. The lowest BCUT2D eigenvalue weighted by molar-refractivity contribution is -0.385. The van der Waals surface area contributed by atoms with Gasteiger partial charge in [-0.15, -0.1) is 11.6 Å². The second-order valence-electron chi connectivity index (χ2n) is 3.45. The minimum absolute atomic E-state index is 0.0758. The molecule has 1 aromatic rings. The van der Waals surface area contributed by atoms with Crippen LogP contribution in [-0.2, 0) is 4.74 Å². The average molecular weight is 228 g/mol. The third-order valence-corrected chi connectivity index (χ3v) is 2.88. The van der Waals surface area contributed by atoms with Gasteiger partial charge in [0.05, 0.1) is 16.4 Å². The van der Waals surface area contributed by atoms with Gasteiger partial charge < -0.3 is 4.74 Å². The molecule has 1 heterocycles. The summed E-state index contributed by atoms with van der Waals surface area (Å²) in [6.07, 6.45) is 0.570. The van der Waals surface area contributed by atoms with E-state index in [1.807, 2.05) is 0 Å². The highest BCUT2D eigenvalue weighted by Gasteiger charge is 2.28. The summed E-state index contributed by atoms with van der Waals surface area (Å²) in [6, 6.07) is 6.43. The van der Waals surface area contributed by atoms with Crippen molar-refractivity contribution in [2.75, 3.05) is 6.61 Å². The lowest BCUT2D eigenvalue weighted by atomic mass is 10.1. The van der Waals surface area contributed by atoms with E-state index in [2.05, 4.69) is 0 Å². The van der Waals surface area contributed by atoms with E-state index in [0.717, 1.165) is 12.0 Å². The van der Waals surface area contributed by atoms with Crippen LogP contribution in [0.2, 0.25) is 0 Å². The van der Waals surface area contributed by atoms with Crippen LogP contribution in [-0.4, -0.2) is 16.9 Å². The van der Waals surface area contributed by atoms with Gasteiger partial charge in [0.2, 0.25) is 0 Å². The average Bonchev–Trinajstić information content (AvgIpc) is 2.64. The molecule has 0 radical (unpaired) electrons. The van der Waals surface area contributed by atoms with E-state index < -0.39 is 4.92 Å². The predicted molar refractivity (Wildman–Crippen MR) is 56.0 cm³/mol. The van der Waals surface area contributed by atoms with Crippen molar-refractivity contribution < 1.29 is 9.66 Å². The summed E-state index contributed by atoms with van der Waals surface area (Å²) in [5.74, 6) is 0. The molecular formula is C10H10ClNO3.